The largest absolute Gasteiger partial charge is 0.493 e. The van der Waals surface area contributed by atoms with E-state index in [0.717, 1.165) is 28.8 Å². The quantitative estimate of drug-likeness (QED) is 0.901. The molecule has 0 saturated heterocycles. The van der Waals surface area contributed by atoms with Crippen molar-refractivity contribution >= 4 is 17.1 Å². The number of benzene rings is 1. The Kier molecular flexibility index (Phi) is 3.55. The molecule has 1 aliphatic heterocycles. The zero-order chi connectivity index (χ0) is 14.8. The van der Waals surface area contributed by atoms with Gasteiger partial charge in [0.05, 0.1) is 30.8 Å². The zero-order valence-corrected chi connectivity index (χ0v) is 11.8. The highest BCUT2D eigenvalue weighted by Gasteiger charge is 2.21. The molecule has 0 radical (unpaired) electrons. The third-order valence-electron chi connectivity index (χ3n) is 3.38. The zero-order valence-electron chi connectivity index (χ0n) is 11.8. The molecule has 112 valence electrons. The Morgan fingerprint density at radius 3 is 3.14 bits per heavy atom. The Balaban J connectivity index is 2.02. The number of hydrogen-bond acceptors (Lipinski definition) is 5. The second-order valence-corrected chi connectivity index (χ2v) is 4.65. The summed E-state index contributed by atoms with van der Waals surface area (Å²) in [5.41, 5.74) is 7.93. The molecule has 3 rings (SSSR count). The maximum atomic E-state index is 10.7. The maximum absolute atomic E-state index is 10.7. The van der Waals surface area contributed by atoms with Crippen molar-refractivity contribution in [2.24, 2.45) is 5.73 Å². The van der Waals surface area contributed by atoms with Crippen molar-refractivity contribution in [3.05, 3.63) is 17.7 Å². The molecule has 1 aromatic carbocycles. The Bertz CT molecular complexity index is 680. The van der Waals surface area contributed by atoms with E-state index in [2.05, 4.69) is 4.98 Å². The molecular weight excluding hydrogens is 274 g/mol. The topological polar surface area (TPSA) is 88.6 Å². The Morgan fingerprint density at radius 1 is 1.52 bits per heavy atom. The van der Waals surface area contributed by atoms with Crippen LogP contribution in [0.15, 0.2) is 12.1 Å². The summed E-state index contributed by atoms with van der Waals surface area (Å²) in [5.74, 6) is 0.877. The third kappa shape index (κ3) is 2.46. The maximum Gasteiger partial charge on any atom is 0.404 e. The van der Waals surface area contributed by atoms with Crippen LogP contribution < -0.4 is 15.2 Å². The van der Waals surface area contributed by atoms with E-state index in [1.165, 1.54) is 0 Å². The van der Waals surface area contributed by atoms with E-state index in [1.54, 1.807) is 0 Å². The number of nitrogens with two attached hydrogens (primary N) is 1. The molecule has 0 saturated carbocycles. The van der Waals surface area contributed by atoms with Crippen molar-refractivity contribution in [2.45, 2.75) is 19.9 Å². The van der Waals surface area contributed by atoms with Crippen molar-refractivity contribution in [3.63, 3.8) is 0 Å². The summed E-state index contributed by atoms with van der Waals surface area (Å²) in [4.78, 5) is 15.2. The van der Waals surface area contributed by atoms with Gasteiger partial charge in [-0.05, 0) is 19.1 Å². The van der Waals surface area contributed by atoms with Crippen LogP contribution in [0.4, 0.5) is 4.79 Å². The number of rotatable bonds is 5. The first-order chi connectivity index (χ1) is 10.2. The van der Waals surface area contributed by atoms with Gasteiger partial charge in [-0.1, -0.05) is 0 Å². The van der Waals surface area contributed by atoms with Crippen LogP contribution in [0.1, 0.15) is 12.5 Å². The van der Waals surface area contributed by atoms with E-state index in [1.807, 2.05) is 23.6 Å². The molecule has 1 amide bonds. The minimum absolute atomic E-state index is 0.172. The molecule has 2 N–H and O–H groups in total. The summed E-state index contributed by atoms with van der Waals surface area (Å²) < 4.78 is 17.9. The van der Waals surface area contributed by atoms with E-state index in [-0.39, 0.29) is 6.61 Å². The summed E-state index contributed by atoms with van der Waals surface area (Å²) in [6, 6.07) is 4.35. The molecule has 7 heteroatoms. The van der Waals surface area contributed by atoms with Crippen LogP contribution in [0.2, 0.25) is 0 Å². The standard InChI is InChI=1S/C14H17N3O4/c1-2-19-14-16-10-3-4-11-9(5-7-20-11)12(10)17(14)6-8-21-13(15)18/h3-4H,2,5-8H2,1H3,(H2,15,18). The van der Waals surface area contributed by atoms with Gasteiger partial charge in [-0.3, -0.25) is 4.57 Å². The average molecular weight is 291 g/mol. The van der Waals surface area contributed by atoms with E-state index < -0.39 is 6.09 Å². The summed E-state index contributed by atoms with van der Waals surface area (Å²) in [5, 5.41) is 0. The first-order valence-corrected chi connectivity index (χ1v) is 6.90. The van der Waals surface area contributed by atoms with Crippen LogP contribution in [0, 0.1) is 0 Å². The lowest BCUT2D eigenvalue weighted by Gasteiger charge is -2.10. The van der Waals surface area contributed by atoms with Crippen LogP contribution in [0.25, 0.3) is 11.0 Å². The van der Waals surface area contributed by atoms with Crippen molar-refractivity contribution < 1.29 is 19.0 Å². The van der Waals surface area contributed by atoms with Crippen molar-refractivity contribution in [1.82, 2.24) is 9.55 Å². The van der Waals surface area contributed by atoms with Crippen LogP contribution in [0.5, 0.6) is 11.8 Å². The number of ether oxygens (including phenoxy) is 3. The lowest BCUT2D eigenvalue weighted by atomic mass is 10.1. The minimum Gasteiger partial charge on any atom is -0.493 e. The molecule has 0 aliphatic carbocycles. The SMILES string of the molecule is CCOc1nc2ccc3c(c2n1CCOC(N)=O)CCO3. The number of fused-ring (bicyclic) bond motifs is 3. The summed E-state index contributed by atoms with van der Waals surface area (Å²) in [7, 11) is 0. The fourth-order valence-electron chi connectivity index (χ4n) is 2.58. The molecule has 2 heterocycles. The molecule has 2 aromatic rings. The second-order valence-electron chi connectivity index (χ2n) is 4.65. The number of aromatic nitrogens is 2. The number of imidazole rings is 1. The van der Waals surface area contributed by atoms with E-state index in [9.17, 15) is 4.79 Å². The molecule has 0 bridgehead atoms. The Labute approximate surface area is 121 Å². The van der Waals surface area contributed by atoms with Crippen LogP contribution >= 0.6 is 0 Å². The number of amides is 1. The second kappa shape index (κ2) is 5.51. The molecule has 21 heavy (non-hydrogen) atoms. The number of hydrogen-bond donors (Lipinski definition) is 1. The van der Waals surface area contributed by atoms with Gasteiger partial charge in [0.1, 0.15) is 12.4 Å². The number of carbonyl (C=O) groups excluding carboxylic acids is 1. The predicted molar refractivity (Wildman–Crippen MR) is 75.6 cm³/mol. The highest BCUT2D eigenvalue weighted by molar-refractivity contribution is 5.83. The van der Waals surface area contributed by atoms with Crippen LogP contribution in [-0.2, 0) is 17.7 Å². The van der Waals surface area contributed by atoms with Gasteiger partial charge in [-0.2, -0.15) is 4.98 Å². The summed E-state index contributed by atoms with van der Waals surface area (Å²) in [6.45, 7) is 3.69. The first kappa shape index (κ1) is 13.5. The molecule has 0 fully saturated rings. The van der Waals surface area contributed by atoms with Gasteiger partial charge in [0.2, 0.25) is 0 Å². The molecule has 0 spiro atoms. The molecule has 7 nitrogen and oxygen atoms in total. The normalized spacial score (nSPS) is 13.0. The van der Waals surface area contributed by atoms with Gasteiger partial charge in [0.25, 0.3) is 6.01 Å². The number of primary amides is 1. The molecule has 1 aliphatic rings. The van der Waals surface area contributed by atoms with E-state index >= 15 is 0 Å². The number of nitrogens with zero attached hydrogens (tertiary/aromatic N) is 2. The van der Waals surface area contributed by atoms with Gasteiger partial charge in [-0.15, -0.1) is 0 Å². The van der Waals surface area contributed by atoms with Crippen LogP contribution in [-0.4, -0.2) is 35.5 Å². The Hall–Kier alpha value is -2.44. The lowest BCUT2D eigenvalue weighted by molar-refractivity contribution is 0.151. The van der Waals surface area contributed by atoms with E-state index in [4.69, 9.17) is 19.9 Å². The lowest BCUT2D eigenvalue weighted by Crippen LogP contribution is -2.17. The predicted octanol–water partition coefficient (Wildman–Crippen LogP) is 1.47. The van der Waals surface area contributed by atoms with E-state index in [0.29, 0.717) is 25.8 Å². The van der Waals surface area contributed by atoms with Crippen molar-refractivity contribution in [2.75, 3.05) is 19.8 Å². The summed E-state index contributed by atoms with van der Waals surface area (Å²) >= 11 is 0. The van der Waals surface area contributed by atoms with Crippen LogP contribution in [0.3, 0.4) is 0 Å². The fraction of sp³-hybridized carbons (Fsp3) is 0.429. The highest BCUT2D eigenvalue weighted by Crippen LogP contribution is 2.34. The molecule has 0 atom stereocenters. The third-order valence-corrected chi connectivity index (χ3v) is 3.38. The molecular formula is C14H17N3O4. The minimum atomic E-state index is -0.786. The fourth-order valence-corrected chi connectivity index (χ4v) is 2.58. The number of carbonyl (C=O) groups is 1. The van der Waals surface area contributed by atoms with Gasteiger partial charge in [-0.25, -0.2) is 4.79 Å². The molecule has 0 unspecified atom stereocenters. The first-order valence-electron chi connectivity index (χ1n) is 6.90. The monoisotopic (exact) mass is 291 g/mol. The van der Waals surface area contributed by atoms with Gasteiger partial charge in [0.15, 0.2) is 0 Å². The Morgan fingerprint density at radius 2 is 2.38 bits per heavy atom. The highest BCUT2D eigenvalue weighted by atomic mass is 16.5. The summed E-state index contributed by atoms with van der Waals surface area (Å²) in [6.07, 6.45) is 0.0478. The van der Waals surface area contributed by atoms with Crippen molar-refractivity contribution in [1.29, 1.82) is 0 Å². The smallest absolute Gasteiger partial charge is 0.404 e. The van der Waals surface area contributed by atoms with Gasteiger partial charge in [0, 0.05) is 12.0 Å². The van der Waals surface area contributed by atoms with Gasteiger partial charge < -0.3 is 19.9 Å². The van der Waals surface area contributed by atoms with Crippen molar-refractivity contribution in [3.8, 4) is 11.8 Å². The van der Waals surface area contributed by atoms with Gasteiger partial charge >= 0.3 is 6.09 Å². The molecule has 1 aromatic heterocycles. The average Bonchev–Trinajstić information content (AvgIpc) is 3.03.